The first kappa shape index (κ1) is 103. The summed E-state index contributed by atoms with van der Waals surface area (Å²) in [6, 6.07) is 0. The number of hydrogen-bond donors (Lipinski definition) is 3. The highest BCUT2D eigenvalue weighted by atomic mass is 31.2. The summed E-state index contributed by atoms with van der Waals surface area (Å²) in [4.78, 5) is 73.2. The molecule has 0 rings (SSSR count). The first-order chi connectivity index (χ1) is 52.7. The highest BCUT2D eigenvalue weighted by Gasteiger charge is 2.30. The van der Waals surface area contributed by atoms with E-state index in [4.69, 9.17) is 37.0 Å². The van der Waals surface area contributed by atoms with E-state index in [1.165, 1.54) is 83.5 Å². The van der Waals surface area contributed by atoms with E-state index >= 15 is 0 Å². The lowest BCUT2D eigenvalue weighted by molar-refractivity contribution is -0.161. The lowest BCUT2D eigenvalue weighted by Crippen LogP contribution is -2.30. The molecule has 0 radical (unpaired) electrons. The van der Waals surface area contributed by atoms with Gasteiger partial charge in [0, 0.05) is 25.7 Å². The summed E-state index contributed by atoms with van der Waals surface area (Å²) in [6.45, 7) is 4.60. The number of phosphoric ester groups is 2. The Bertz CT molecular complexity index is 2610. The Hall–Kier alpha value is -5.06. The maximum Gasteiger partial charge on any atom is 0.472 e. The number of hydrogen-bond acceptors (Lipinski definition) is 15. The van der Waals surface area contributed by atoms with Gasteiger partial charge in [0.05, 0.1) is 26.4 Å². The summed E-state index contributed by atoms with van der Waals surface area (Å²) in [5, 5.41) is 10.7. The van der Waals surface area contributed by atoms with Gasteiger partial charge in [-0.2, -0.15) is 0 Å². The van der Waals surface area contributed by atoms with Crippen LogP contribution in [0.5, 0.6) is 0 Å². The fourth-order valence-corrected chi connectivity index (χ4v) is 12.4. The number of esters is 4. The van der Waals surface area contributed by atoms with E-state index < -0.39 is 97.5 Å². The standard InChI is InChI=1S/C89H150O17P2/c1-5-9-13-17-21-25-29-33-37-39-41-43-47-50-54-58-62-66-70-74-87(92)100-80-85(106-89(94)76-72-68-64-60-56-52-48-44-42-40-38-34-30-26-22-18-14-10-6-2)82-104-108(97,98)102-78-83(90)77-101-107(95,96)103-81-84(105-88(93)75-71-67-63-59-55-51-46-36-32-28-24-20-16-12-8-4)79-99-86(91)73-69-65-61-57-53-49-45-35-31-27-23-19-15-11-7-3/h10,14,21-22,25-28,31-34,37-38,41-44,50,52,54,56,62,66,83-85,90H,5-9,11-13,15-20,23-24,29-30,35-36,39-40,45-49,51,53,55,57-61,63-65,67-82H2,1-4H3,(H,95,96)(H,97,98)/b14-10-,25-21-,26-22-,31-27-,32-28-,37-33-,38-34-,43-41-,44-42-,54-50-,56-52-,66-62-/t83-,84+,85+/m0/s1. The molecule has 3 N–H and O–H groups in total. The zero-order valence-corrected chi connectivity index (χ0v) is 69.5. The van der Waals surface area contributed by atoms with Crippen LogP contribution < -0.4 is 0 Å². The second-order valence-electron chi connectivity index (χ2n) is 27.7. The van der Waals surface area contributed by atoms with Crippen LogP contribution in [0.1, 0.15) is 336 Å². The van der Waals surface area contributed by atoms with Crippen LogP contribution >= 0.6 is 15.6 Å². The quantitative estimate of drug-likeness (QED) is 0.0169. The number of allylic oxidation sites excluding steroid dienone is 24. The van der Waals surface area contributed by atoms with Crippen LogP contribution in [0.4, 0.5) is 0 Å². The van der Waals surface area contributed by atoms with Gasteiger partial charge in [0.1, 0.15) is 19.3 Å². The normalized spacial score (nSPS) is 14.5. The number of ether oxygens (including phenoxy) is 4. The molecular weight excluding hydrogens is 1400 g/mol. The first-order valence-electron chi connectivity index (χ1n) is 42.1. The van der Waals surface area contributed by atoms with E-state index in [1.807, 2.05) is 18.2 Å². The Kier molecular flexibility index (Phi) is 76.3. The molecule has 19 heteroatoms. The molecule has 5 atom stereocenters. The number of rotatable bonds is 78. The van der Waals surface area contributed by atoms with Gasteiger partial charge in [-0.25, -0.2) is 9.13 Å². The van der Waals surface area contributed by atoms with Crippen LogP contribution in [0, 0.1) is 0 Å². The molecule has 0 saturated heterocycles. The van der Waals surface area contributed by atoms with Gasteiger partial charge in [-0.3, -0.25) is 37.3 Å². The molecule has 0 fully saturated rings. The van der Waals surface area contributed by atoms with Crippen molar-refractivity contribution in [2.24, 2.45) is 0 Å². The lowest BCUT2D eigenvalue weighted by Gasteiger charge is -2.21. The maximum atomic E-state index is 13.1. The van der Waals surface area contributed by atoms with Crippen LogP contribution in [0.3, 0.4) is 0 Å². The number of aliphatic hydroxyl groups excluding tert-OH is 1. The SMILES string of the molecule is CC/C=C\C/C=C\C/C=C\C/C=C\C/C=C\CCCCCC(=O)O[C@H](COC(=O)CC/C=C\C/C=C\C/C=C\C/C=C\C/C=C\CCCCC)COP(=O)(O)OC[C@@H](O)COP(=O)(O)OC[C@@H](COC(=O)CCCCCCCCC/C=C\CCCCCC)OC(=O)CCCCCCCCC/C=C\CCCCCC. The third kappa shape index (κ3) is 79.0. The van der Waals surface area contributed by atoms with E-state index in [9.17, 15) is 43.2 Å². The van der Waals surface area contributed by atoms with Crippen molar-refractivity contribution in [3.05, 3.63) is 146 Å². The van der Waals surface area contributed by atoms with Crippen LogP contribution in [0.15, 0.2) is 146 Å². The molecule has 0 aliphatic rings. The van der Waals surface area contributed by atoms with Crippen molar-refractivity contribution in [1.82, 2.24) is 0 Å². The summed E-state index contributed by atoms with van der Waals surface area (Å²) in [5.41, 5.74) is 0. The fourth-order valence-electron chi connectivity index (χ4n) is 10.9. The van der Waals surface area contributed by atoms with Gasteiger partial charge in [-0.15, -0.1) is 0 Å². The highest BCUT2D eigenvalue weighted by molar-refractivity contribution is 7.47. The van der Waals surface area contributed by atoms with Crippen LogP contribution in [-0.4, -0.2) is 96.7 Å². The van der Waals surface area contributed by atoms with Gasteiger partial charge < -0.3 is 33.8 Å². The third-order valence-corrected chi connectivity index (χ3v) is 19.2. The molecule has 0 heterocycles. The minimum absolute atomic E-state index is 0.0262. The molecule has 17 nitrogen and oxygen atoms in total. The van der Waals surface area contributed by atoms with E-state index in [2.05, 4.69) is 155 Å². The average molecular weight is 1550 g/mol. The third-order valence-electron chi connectivity index (χ3n) is 17.3. The van der Waals surface area contributed by atoms with E-state index in [-0.39, 0.29) is 25.7 Å². The van der Waals surface area contributed by atoms with Crippen LogP contribution in [0.25, 0.3) is 0 Å². The van der Waals surface area contributed by atoms with Gasteiger partial charge in [-0.05, 0) is 161 Å². The Morgan fingerprint density at radius 3 is 0.833 bits per heavy atom. The smallest absolute Gasteiger partial charge is 0.462 e. The predicted octanol–water partition coefficient (Wildman–Crippen LogP) is 25.0. The van der Waals surface area contributed by atoms with Gasteiger partial charge in [0.25, 0.3) is 0 Å². The summed E-state index contributed by atoms with van der Waals surface area (Å²) < 4.78 is 68.6. The Morgan fingerprint density at radius 2 is 0.500 bits per heavy atom. The van der Waals surface area contributed by atoms with E-state index in [0.29, 0.717) is 32.1 Å². The van der Waals surface area contributed by atoms with Gasteiger partial charge >= 0.3 is 39.5 Å². The molecule has 0 aromatic heterocycles. The molecule has 0 aromatic rings. The van der Waals surface area contributed by atoms with Crippen molar-refractivity contribution in [2.75, 3.05) is 39.6 Å². The minimum Gasteiger partial charge on any atom is -0.462 e. The molecule has 0 amide bonds. The molecule has 0 saturated carbocycles. The Labute approximate surface area is 656 Å². The molecule has 2 unspecified atom stereocenters. The lowest BCUT2D eigenvalue weighted by atomic mass is 10.1. The topological polar surface area (TPSA) is 237 Å². The molecule has 0 aliphatic heterocycles. The Balaban J connectivity index is 5.48. The largest absolute Gasteiger partial charge is 0.472 e. The fraction of sp³-hybridized carbons (Fsp3) is 0.685. The van der Waals surface area contributed by atoms with Crippen LogP contribution in [0.2, 0.25) is 0 Å². The highest BCUT2D eigenvalue weighted by Crippen LogP contribution is 2.45. The number of carbonyl (C=O) groups is 4. The van der Waals surface area contributed by atoms with Crippen molar-refractivity contribution in [3.63, 3.8) is 0 Å². The minimum atomic E-state index is -5.01. The van der Waals surface area contributed by atoms with Crippen molar-refractivity contribution in [1.29, 1.82) is 0 Å². The van der Waals surface area contributed by atoms with Gasteiger partial charge in [0.2, 0.25) is 0 Å². The van der Waals surface area contributed by atoms with Crippen molar-refractivity contribution >= 4 is 39.5 Å². The summed E-state index contributed by atoms with van der Waals surface area (Å²) in [6.07, 6.45) is 92.5. The van der Waals surface area contributed by atoms with Gasteiger partial charge in [-0.1, -0.05) is 296 Å². The number of phosphoric acid groups is 2. The zero-order valence-electron chi connectivity index (χ0n) is 67.7. The molecule has 0 aliphatic carbocycles. The molecule has 0 bridgehead atoms. The summed E-state index contributed by atoms with van der Waals surface area (Å²) >= 11 is 0. The van der Waals surface area contributed by atoms with Crippen molar-refractivity contribution < 1.29 is 80.2 Å². The first-order valence-corrected chi connectivity index (χ1v) is 45.1. The van der Waals surface area contributed by atoms with E-state index in [1.54, 1.807) is 0 Å². The maximum absolute atomic E-state index is 13.1. The monoisotopic (exact) mass is 1550 g/mol. The van der Waals surface area contributed by atoms with Crippen LogP contribution in [-0.2, 0) is 65.4 Å². The predicted molar refractivity (Wildman–Crippen MR) is 445 cm³/mol. The summed E-state index contributed by atoms with van der Waals surface area (Å²) in [5.74, 6) is -2.31. The van der Waals surface area contributed by atoms with Gasteiger partial charge in [0.15, 0.2) is 12.2 Å². The number of carbonyl (C=O) groups excluding carboxylic acids is 4. The second kappa shape index (κ2) is 80.0. The molecule has 618 valence electrons. The Morgan fingerprint density at radius 1 is 0.269 bits per heavy atom. The van der Waals surface area contributed by atoms with Crippen molar-refractivity contribution in [3.8, 4) is 0 Å². The second-order valence-corrected chi connectivity index (χ2v) is 30.6. The number of unbranched alkanes of at least 4 members (excludes halogenated alkanes) is 28. The molecular formula is C89H150O17P2. The molecule has 0 spiro atoms. The molecule has 108 heavy (non-hydrogen) atoms. The zero-order chi connectivity index (χ0) is 78.9. The average Bonchev–Trinajstić information content (AvgIpc) is 0.900. The summed E-state index contributed by atoms with van der Waals surface area (Å²) in [7, 11) is -10.0. The number of aliphatic hydroxyl groups is 1. The molecule has 0 aromatic carbocycles. The van der Waals surface area contributed by atoms with Crippen molar-refractivity contribution in [2.45, 2.75) is 354 Å². The van der Waals surface area contributed by atoms with E-state index in [0.717, 1.165) is 167 Å².